The number of carbonyl (C=O) groups is 2. The highest BCUT2D eigenvalue weighted by Gasteiger charge is 2.59. The highest BCUT2D eigenvalue weighted by Crippen LogP contribution is 2.48. The molecule has 1 saturated carbocycles. The van der Waals surface area contributed by atoms with E-state index in [9.17, 15) is 9.59 Å². The number of carbonyl (C=O) groups excluding carboxylic acids is 2. The van der Waals surface area contributed by atoms with Crippen molar-refractivity contribution in [3.05, 3.63) is 29.8 Å². The molecule has 4 nitrogen and oxygen atoms in total. The summed E-state index contributed by atoms with van der Waals surface area (Å²) in [5.41, 5.74) is 7.44. The molecule has 1 heterocycles. The standard InChI is InChI=1S/C15H18N2O2/c1-15(2,8-16)9-3-5-10(6-4-9)17-13(18)11-7-12(11)14(17)19/h3-6,11-12H,7-8,16H2,1-2H3. The molecule has 0 spiro atoms. The molecule has 2 N–H and O–H groups in total. The van der Waals surface area contributed by atoms with Gasteiger partial charge in [-0.3, -0.25) is 14.5 Å². The molecule has 2 aliphatic rings. The van der Waals surface area contributed by atoms with E-state index in [0.717, 1.165) is 12.0 Å². The van der Waals surface area contributed by atoms with Crippen LogP contribution in [0.4, 0.5) is 5.69 Å². The Bertz CT molecular complexity index is 528. The van der Waals surface area contributed by atoms with E-state index in [2.05, 4.69) is 13.8 Å². The molecule has 2 unspecified atom stereocenters. The normalized spacial score (nSPS) is 25.7. The van der Waals surface area contributed by atoms with E-state index >= 15 is 0 Å². The van der Waals surface area contributed by atoms with Crippen molar-refractivity contribution < 1.29 is 9.59 Å². The largest absolute Gasteiger partial charge is 0.330 e. The Balaban J connectivity index is 1.88. The summed E-state index contributed by atoms with van der Waals surface area (Å²) >= 11 is 0. The first-order valence-electron chi connectivity index (χ1n) is 6.64. The monoisotopic (exact) mass is 258 g/mol. The van der Waals surface area contributed by atoms with E-state index < -0.39 is 0 Å². The van der Waals surface area contributed by atoms with Gasteiger partial charge in [-0.15, -0.1) is 0 Å². The SMILES string of the molecule is CC(C)(CN)c1ccc(N2C(=O)C3CC3C2=O)cc1. The summed E-state index contributed by atoms with van der Waals surface area (Å²) in [4.78, 5) is 25.3. The Morgan fingerprint density at radius 3 is 2.16 bits per heavy atom. The molecule has 0 aromatic heterocycles. The molecular weight excluding hydrogens is 240 g/mol. The summed E-state index contributed by atoms with van der Waals surface area (Å²) in [5, 5.41) is 0. The van der Waals surface area contributed by atoms with Gasteiger partial charge in [0.25, 0.3) is 0 Å². The van der Waals surface area contributed by atoms with Crippen LogP contribution in [0.25, 0.3) is 0 Å². The summed E-state index contributed by atoms with van der Waals surface area (Å²) in [5.74, 6) is -0.179. The minimum absolute atomic E-state index is 0.0409. The molecule has 1 saturated heterocycles. The summed E-state index contributed by atoms with van der Waals surface area (Å²) in [6, 6.07) is 7.58. The van der Waals surface area contributed by atoms with Gasteiger partial charge in [0, 0.05) is 12.0 Å². The number of imide groups is 1. The number of amides is 2. The smallest absolute Gasteiger partial charge is 0.237 e. The summed E-state index contributed by atoms with van der Waals surface area (Å²) < 4.78 is 0. The Hall–Kier alpha value is -1.68. The predicted octanol–water partition coefficient (Wildman–Crippen LogP) is 1.43. The van der Waals surface area contributed by atoms with Crippen LogP contribution in [0.5, 0.6) is 0 Å². The van der Waals surface area contributed by atoms with Gasteiger partial charge in [0.2, 0.25) is 11.8 Å². The van der Waals surface area contributed by atoms with Crippen LogP contribution in [-0.4, -0.2) is 18.4 Å². The van der Waals surface area contributed by atoms with Crippen molar-refractivity contribution in [2.45, 2.75) is 25.7 Å². The number of benzene rings is 1. The fourth-order valence-corrected chi connectivity index (χ4v) is 2.62. The zero-order valence-electron chi connectivity index (χ0n) is 11.2. The second kappa shape index (κ2) is 3.90. The lowest BCUT2D eigenvalue weighted by atomic mass is 9.85. The Morgan fingerprint density at radius 2 is 1.68 bits per heavy atom. The van der Waals surface area contributed by atoms with E-state index in [0.29, 0.717) is 12.2 Å². The molecule has 4 heteroatoms. The van der Waals surface area contributed by atoms with Crippen molar-refractivity contribution in [1.82, 2.24) is 0 Å². The average molecular weight is 258 g/mol. The maximum absolute atomic E-state index is 12.0. The van der Waals surface area contributed by atoms with Gasteiger partial charge < -0.3 is 5.73 Å². The molecule has 1 aliphatic carbocycles. The van der Waals surface area contributed by atoms with Gasteiger partial charge in [-0.1, -0.05) is 26.0 Å². The third-order valence-electron chi connectivity index (χ3n) is 4.28. The van der Waals surface area contributed by atoms with Crippen LogP contribution in [0.3, 0.4) is 0 Å². The first kappa shape index (κ1) is 12.4. The van der Waals surface area contributed by atoms with Crippen molar-refractivity contribution in [3.63, 3.8) is 0 Å². The van der Waals surface area contributed by atoms with E-state index in [-0.39, 0.29) is 29.1 Å². The van der Waals surface area contributed by atoms with Gasteiger partial charge >= 0.3 is 0 Å². The lowest BCUT2D eigenvalue weighted by Gasteiger charge is -2.24. The van der Waals surface area contributed by atoms with Gasteiger partial charge in [-0.05, 0) is 24.1 Å². The lowest BCUT2D eigenvalue weighted by molar-refractivity contribution is -0.123. The Kier molecular flexibility index (Phi) is 2.54. The summed E-state index contributed by atoms with van der Waals surface area (Å²) in [6.45, 7) is 4.70. The van der Waals surface area contributed by atoms with E-state index in [4.69, 9.17) is 5.73 Å². The third kappa shape index (κ3) is 1.78. The van der Waals surface area contributed by atoms with Crippen LogP contribution in [-0.2, 0) is 15.0 Å². The molecule has 0 radical (unpaired) electrons. The fourth-order valence-electron chi connectivity index (χ4n) is 2.62. The Labute approximate surface area is 112 Å². The van der Waals surface area contributed by atoms with E-state index in [1.165, 1.54) is 4.90 Å². The highest BCUT2D eigenvalue weighted by molar-refractivity contribution is 6.24. The maximum Gasteiger partial charge on any atom is 0.237 e. The molecular formula is C15H18N2O2. The van der Waals surface area contributed by atoms with Crippen LogP contribution in [0.15, 0.2) is 24.3 Å². The van der Waals surface area contributed by atoms with Gasteiger partial charge in [0.1, 0.15) is 0 Å². The molecule has 2 atom stereocenters. The van der Waals surface area contributed by atoms with Gasteiger partial charge in [-0.25, -0.2) is 0 Å². The number of anilines is 1. The maximum atomic E-state index is 12.0. The van der Waals surface area contributed by atoms with Crippen molar-refractivity contribution >= 4 is 17.5 Å². The number of rotatable bonds is 3. The minimum Gasteiger partial charge on any atom is -0.330 e. The van der Waals surface area contributed by atoms with Crippen molar-refractivity contribution in [3.8, 4) is 0 Å². The number of fused-ring (bicyclic) bond motifs is 1. The van der Waals surface area contributed by atoms with Crippen LogP contribution in [0.2, 0.25) is 0 Å². The van der Waals surface area contributed by atoms with Crippen molar-refractivity contribution in [2.24, 2.45) is 17.6 Å². The fraction of sp³-hybridized carbons (Fsp3) is 0.467. The molecule has 1 aromatic carbocycles. The molecule has 2 amide bonds. The van der Waals surface area contributed by atoms with E-state index in [1.54, 1.807) is 0 Å². The van der Waals surface area contributed by atoms with Crippen LogP contribution in [0.1, 0.15) is 25.8 Å². The second-order valence-electron chi connectivity index (χ2n) is 6.10. The predicted molar refractivity (Wildman–Crippen MR) is 72.6 cm³/mol. The lowest BCUT2D eigenvalue weighted by Crippen LogP contribution is -2.33. The number of nitrogens with zero attached hydrogens (tertiary/aromatic N) is 1. The molecule has 2 fully saturated rings. The molecule has 19 heavy (non-hydrogen) atoms. The minimum atomic E-state index is -0.0975. The number of hydrogen-bond acceptors (Lipinski definition) is 3. The first-order valence-corrected chi connectivity index (χ1v) is 6.64. The quantitative estimate of drug-likeness (QED) is 0.834. The topological polar surface area (TPSA) is 63.4 Å². The number of piperidine rings is 1. The zero-order valence-corrected chi connectivity index (χ0v) is 11.2. The zero-order chi connectivity index (χ0) is 13.8. The summed E-state index contributed by atoms with van der Waals surface area (Å²) in [7, 11) is 0. The van der Waals surface area contributed by atoms with Gasteiger partial charge in [0.05, 0.1) is 17.5 Å². The third-order valence-corrected chi connectivity index (χ3v) is 4.28. The van der Waals surface area contributed by atoms with Gasteiger partial charge in [-0.2, -0.15) is 0 Å². The first-order chi connectivity index (χ1) is 8.95. The Morgan fingerprint density at radius 1 is 1.16 bits per heavy atom. The molecule has 100 valence electrons. The highest BCUT2D eigenvalue weighted by atomic mass is 16.2. The molecule has 1 aliphatic heterocycles. The van der Waals surface area contributed by atoms with Crippen LogP contribution >= 0.6 is 0 Å². The molecule has 3 rings (SSSR count). The van der Waals surface area contributed by atoms with Crippen LogP contribution in [0, 0.1) is 11.8 Å². The molecule has 0 bridgehead atoms. The van der Waals surface area contributed by atoms with Crippen molar-refractivity contribution in [1.29, 1.82) is 0 Å². The van der Waals surface area contributed by atoms with Crippen molar-refractivity contribution in [2.75, 3.05) is 11.4 Å². The van der Waals surface area contributed by atoms with Gasteiger partial charge in [0.15, 0.2) is 0 Å². The molecule has 1 aromatic rings. The summed E-state index contributed by atoms with van der Waals surface area (Å²) in [6.07, 6.45) is 0.743. The van der Waals surface area contributed by atoms with E-state index in [1.807, 2.05) is 24.3 Å². The number of nitrogens with two attached hydrogens (primary N) is 1. The number of hydrogen-bond donors (Lipinski definition) is 1. The average Bonchev–Trinajstić information content (AvgIpc) is 3.15. The van der Waals surface area contributed by atoms with Crippen LogP contribution < -0.4 is 10.6 Å². The second-order valence-corrected chi connectivity index (χ2v) is 6.10.